The fraction of sp³-hybridized carbons (Fsp3) is 0.217. The van der Waals surface area contributed by atoms with Gasteiger partial charge in [0.1, 0.15) is 6.54 Å². The second-order valence-corrected chi connectivity index (χ2v) is 7.97. The topological polar surface area (TPSA) is 122 Å². The Morgan fingerprint density at radius 3 is 2.52 bits per heavy atom. The predicted octanol–water partition coefficient (Wildman–Crippen LogP) is 3.53. The number of imide groups is 1. The molecule has 2 N–H and O–H groups in total. The first kappa shape index (κ1) is 23.9. The molecule has 3 rings (SSSR count). The van der Waals surface area contributed by atoms with Crippen LogP contribution < -0.4 is 14.8 Å². The molecule has 0 saturated carbocycles. The van der Waals surface area contributed by atoms with Gasteiger partial charge >= 0.3 is 5.97 Å². The Hall–Kier alpha value is -3.79. The van der Waals surface area contributed by atoms with E-state index in [1.54, 1.807) is 37.3 Å². The molecule has 1 fully saturated rings. The quantitative estimate of drug-likeness (QED) is 0.534. The predicted molar refractivity (Wildman–Crippen MR) is 123 cm³/mol. The number of carbonyl (C=O) groups is 4. The average Bonchev–Trinajstić information content (AvgIpc) is 3.02. The second kappa shape index (κ2) is 10.7. The van der Waals surface area contributed by atoms with Crippen LogP contribution in [0.25, 0.3) is 6.08 Å². The van der Waals surface area contributed by atoms with Crippen molar-refractivity contribution < 1.29 is 33.8 Å². The third-order valence-electron chi connectivity index (χ3n) is 4.45. The molecule has 1 aliphatic rings. The van der Waals surface area contributed by atoms with Crippen molar-refractivity contribution in [1.29, 1.82) is 0 Å². The average molecular weight is 471 g/mol. The zero-order chi connectivity index (χ0) is 24.0. The number of carboxylic acid groups (broad SMARTS) is 1. The number of carbonyl (C=O) groups excluding carboxylic acids is 3. The maximum atomic E-state index is 12.8. The summed E-state index contributed by atoms with van der Waals surface area (Å²) in [5.74, 6) is -1.86. The molecule has 0 spiro atoms. The van der Waals surface area contributed by atoms with Gasteiger partial charge in [0.05, 0.1) is 11.5 Å². The van der Waals surface area contributed by atoms with Gasteiger partial charge in [-0.05, 0) is 49.9 Å². The van der Waals surface area contributed by atoms with Crippen LogP contribution in [0.3, 0.4) is 0 Å². The molecule has 1 heterocycles. The van der Waals surface area contributed by atoms with E-state index in [1.807, 2.05) is 19.1 Å². The van der Waals surface area contributed by atoms with Crippen LogP contribution in [0.15, 0.2) is 47.4 Å². The molecule has 0 aliphatic carbocycles. The smallest absolute Gasteiger partial charge is 0.341 e. The number of carboxylic acids is 1. The van der Waals surface area contributed by atoms with Crippen LogP contribution in [0.5, 0.6) is 11.5 Å². The number of benzene rings is 2. The van der Waals surface area contributed by atoms with Gasteiger partial charge in [-0.15, -0.1) is 0 Å². The van der Waals surface area contributed by atoms with E-state index in [0.717, 1.165) is 10.5 Å². The number of aryl methyl sites for hydroxylation is 1. The Morgan fingerprint density at radius 1 is 1.12 bits per heavy atom. The molecule has 1 saturated heterocycles. The Balaban J connectivity index is 1.78. The van der Waals surface area contributed by atoms with Gasteiger partial charge in [0.2, 0.25) is 5.91 Å². The first-order valence-electron chi connectivity index (χ1n) is 10.0. The van der Waals surface area contributed by atoms with E-state index in [0.29, 0.717) is 35.4 Å². The highest BCUT2D eigenvalue weighted by atomic mass is 32.2. The van der Waals surface area contributed by atoms with Crippen LogP contribution in [0.2, 0.25) is 0 Å². The maximum Gasteiger partial charge on any atom is 0.341 e. The van der Waals surface area contributed by atoms with E-state index in [-0.39, 0.29) is 10.7 Å². The molecule has 3 amide bonds. The van der Waals surface area contributed by atoms with Gasteiger partial charge < -0.3 is 19.9 Å². The molecule has 0 radical (unpaired) electrons. The lowest BCUT2D eigenvalue weighted by atomic mass is 10.1. The zero-order valence-electron chi connectivity index (χ0n) is 18.0. The normalized spacial score (nSPS) is 14.5. The van der Waals surface area contributed by atoms with Gasteiger partial charge in [0.25, 0.3) is 11.1 Å². The standard InChI is InChI=1S/C23H22N2O7S/c1-3-31-17-6-4-5-15(21(17)32-13-20(27)28)11-18-22(29)25(23(30)33-18)12-19(26)24-16-9-7-14(2)8-10-16/h4-11H,3,12-13H2,1-2H3,(H,24,26)(H,27,28)/b18-11-. The van der Waals surface area contributed by atoms with Crippen molar-refractivity contribution in [1.82, 2.24) is 4.90 Å². The molecule has 0 bridgehead atoms. The first-order valence-corrected chi connectivity index (χ1v) is 10.8. The Bertz CT molecular complexity index is 1110. The van der Waals surface area contributed by atoms with E-state index >= 15 is 0 Å². The van der Waals surface area contributed by atoms with Crippen molar-refractivity contribution in [3.8, 4) is 11.5 Å². The zero-order valence-corrected chi connectivity index (χ0v) is 18.8. The Kier molecular flexibility index (Phi) is 7.73. The molecule has 2 aromatic rings. The van der Waals surface area contributed by atoms with Crippen LogP contribution in [0.1, 0.15) is 18.1 Å². The Morgan fingerprint density at radius 2 is 1.85 bits per heavy atom. The maximum absolute atomic E-state index is 12.8. The number of anilines is 1. The summed E-state index contributed by atoms with van der Waals surface area (Å²) in [6.07, 6.45) is 1.42. The minimum atomic E-state index is -1.17. The van der Waals surface area contributed by atoms with E-state index in [9.17, 15) is 19.2 Å². The number of amides is 3. The summed E-state index contributed by atoms with van der Waals surface area (Å²) < 4.78 is 10.9. The number of nitrogens with one attached hydrogen (secondary N) is 1. The SMILES string of the molecule is CCOc1cccc(/C=C2\SC(=O)N(CC(=O)Nc3ccc(C)cc3)C2=O)c1OCC(=O)O. The molecule has 1 aliphatic heterocycles. The number of para-hydroxylation sites is 1. The van der Waals surface area contributed by atoms with E-state index in [1.165, 1.54) is 6.08 Å². The molecule has 0 aromatic heterocycles. The largest absolute Gasteiger partial charge is 0.490 e. The van der Waals surface area contributed by atoms with Gasteiger partial charge in [0, 0.05) is 11.3 Å². The number of thioether (sulfide) groups is 1. The summed E-state index contributed by atoms with van der Waals surface area (Å²) in [4.78, 5) is 49.5. The minimum Gasteiger partial charge on any atom is -0.490 e. The van der Waals surface area contributed by atoms with Crippen molar-refractivity contribution in [2.75, 3.05) is 25.1 Å². The van der Waals surface area contributed by atoms with Gasteiger partial charge in [-0.2, -0.15) is 0 Å². The summed E-state index contributed by atoms with van der Waals surface area (Å²) >= 11 is 0.685. The van der Waals surface area contributed by atoms with Gasteiger partial charge in [-0.1, -0.05) is 29.8 Å². The van der Waals surface area contributed by atoms with Gasteiger partial charge in [0.15, 0.2) is 18.1 Å². The fourth-order valence-corrected chi connectivity index (χ4v) is 3.79. The summed E-state index contributed by atoms with van der Waals surface area (Å²) in [5.41, 5.74) is 1.96. The minimum absolute atomic E-state index is 0.0805. The molecule has 172 valence electrons. The molecular formula is C23H22N2O7S. The third-order valence-corrected chi connectivity index (χ3v) is 5.35. The fourth-order valence-electron chi connectivity index (χ4n) is 2.96. The van der Waals surface area contributed by atoms with E-state index in [4.69, 9.17) is 14.6 Å². The monoisotopic (exact) mass is 470 g/mol. The molecule has 33 heavy (non-hydrogen) atoms. The Labute approximate surface area is 194 Å². The first-order chi connectivity index (χ1) is 15.8. The highest BCUT2D eigenvalue weighted by Crippen LogP contribution is 2.37. The highest BCUT2D eigenvalue weighted by molar-refractivity contribution is 8.18. The van der Waals surface area contributed by atoms with Crippen LogP contribution in [-0.4, -0.2) is 52.8 Å². The second-order valence-electron chi connectivity index (χ2n) is 6.97. The van der Waals surface area contributed by atoms with Crippen LogP contribution in [-0.2, 0) is 14.4 Å². The van der Waals surface area contributed by atoms with Crippen molar-refractivity contribution >= 4 is 46.5 Å². The summed E-state index contributed by atoms with van der Waals surface area (Å²) in [5, 5.41) is 11.0. The van der Waals surface area contributed by atoms with E-state index in [2.05, 4.69) is 5.32 Å². The van der Waals surface area contributed by atoms with Gasteiger partial charge in [-0.25, -0.2) is 4.79 Å². The number of nitrogens with zero attached hydrogens (tertiary/aromatic N) is 1. The number of rotatable bonds is 9. The molecule has 10 heteroatoms. The van der Waals surface area contributed by atoms with E-state index < -0.39 is 36.2 Å². The molecule has 0 unspecified atom stereocenters. The number of hydrogen-bond donors (Lipinski definition) is 2. The van der Waals surface area contributed by atoms with Crippen LogP contribution in [0, 0.1) is 6.92 Å². The summed E-state index contributed by atoms with van der Waals surface area (Å²) in [6, 6.07) is 12.0. The van der Waals surface area contributed by atoms with Crippen molar-refractivity contribution in [3.63, 3.8) is 0 Å². The van der Waals surface area contributed by atoms with Crippen molar-refractivity contribution in [3.05, 3.63) is 58.5 Å². The number of aliphatic carboxylic acids is 1. The lowest BCUT2D eigenvalue weighted by molar-refractivity contribution is -0.139. The summed E-state index contributed by atoms with van der Waals surface area (Å²) in [7, 11) is 0. The van der Waals surface area contributed by atoms with Crippen molar-refractivity contribution in [2.45, 2.75) is 13.8 Å². The third kappa shape index (κ3) is 6.13. The molecule has 9 nitrogen and oxygen atoms in total. The van der Waals surface area contributed by atoms with Crippen LogP contribution in [0.4, 0.5) is 10.5 Å². The molecule has 2 aromatic carbocycles. The lowest BCUT2D eigenvalue weighted by Gasteiger charge is -2.14. The summed E-state index contributed by atoms with van der Waals surface area (Å²) in [6.45, 7) is 2.96. The van der Waals surface area contributed by atoms with Crippen LogP contribution >= 0.6 is 11.8 Å². The molecule has 0 atom stereocenters. The lowest BCUT2D eigenvalue weighted by Crippen LogP contribution is -2.36. The molecular weight excluding hydrogens is 448 g/mol. The number of ether oxygens (including phenoxy) is 2. The van der Waals surface area contributed by atoms with Gasteiger partial charge in [-0.3, -0.25) is 19.3 Å². The van der Waals surface area contributed by atoms with Crippen molar-refractivity contribution in [2.24, 2.45) is 0 Å². The highest BCUT2D eigenvalue weighted by Gasteiger charge is 2.36. The number of hydrogen-bond acceptors (Lipinski definition) is 7.